The summed E-state index contributed by atoms with van der Waals surface area (Å²) in [6.45, 7) is 3.96. The summed E-state index contributed by atoms with van der Waals surface area (Å²) in [7, 11) is 0. The molecule has 1 aliphatic rings. The lowest BCUT2D eigenvalue weighted by atomic mass is 9.82. The van der Waals surface area contributed by atoms with E-state index in [1.165, 1.54) is 18.2 Å². The van der Waals surface area contributed by atoms with Crippen molar-refractivity contribution in [3.05, 3.63) is 110 Å². The number of nitrogens with zero attached hydrogens (tertiary/aromatic N) is 3. The van der Waals surface area contributed by atoms with Crippen molar-refractivity contribution in [3.8, 4) is 0 Å². The summed E-state index contributed by atoms with van der Waals surface area (Å²) < 4.78 is 0. The van der Waals surface area contributed by atoms with E-state index in [2.05, 4.69) is 0 Å². The predicted octanol–water partition coefficient (Wildman–Crippen LogP) is 5.25. The van der Waals surface area contributed by atoms with Crippen molar-refractivity contribution < 1.29 is 9.85 Å². The van der Waals surface area contributed by atoms with E-state index in [1.807, 2.05) is 50.4 Å². The summed E-state index contributed by atoms with van der Waals surface area (Å²) in [5.74, 6) is 0. The predicted molar refractivity (Wildman–Crippen MR) is 116 cm³/mol. The SMILES string of the molecule is CC1(C=NC(C)(Cc2ccccc2)c2ccc([N+](=O)[O-])cc2)C=CC([N+](=O)[O-])=CC1. The van der Waals surface area contributed by atoms with E-state index in [0.717, 1.165) is 11.1 Å². The third-order valence-corrected chi connectivity index (χ3v) is 5.33. The maximum Gasteiger partial charge on any atom is 0.269 e. The molecule has 0 amide bonds. The minimum Gasteiger partial charge on any atom is -0.285 e. The maximum absolute atomic E-state index is 11.0. The molecule has 2 atom stereocenters. The van der Waals surface area contributed by atoms with Crippen molar-refractivity contribution in [2.24, 2.45) is 10.4 Å². The van der Waals surface area contributed by atoms with Crippen LogP contribution >= 0.6 is 0 Å². The summed E-state index contributed by atoms with van der Waals surface area (Å²) >= 11 is 0. The van der Waals surface area contributed by atoms with Gasteiger partial charge in [0.2, 0.25) is 0 Å². The van der Waals surface area contributed by atoms with E-state index in [-0.39, 0.29) is 11.4 Å². The number of allylic oxidation sites excluding steroid dienone is 3. The number of non-ortho nitro benzene ring substituents is 1. The first-order chi connectivity index (χ1) is 14.2. The van der Waals surface area contributed by atoms with E-state index in [0.29, 0.717) is 12.8 Å². The Kier molecular flexibility index (Phi) is 5.91. The van der Waals surface area contributed by atoms with Crippen LogP contribution in [0.1, 0.15) is 31.4 Å². The van der Waals surface area contributed by atoms with Crippen LogP contribution < -0.4 is 0 Å². The molecule has 2 unspecified atom stereocenters. The molecule has 154 valence electrons. The second-order valence-electron chi connectivity index (χ2n) is 7.93. The molecule has 3 rings (SSSR count). The van der Waals surface area contributed by atoms with Gasteiger partial charge in [-0.15, -0.1) is 0 Å². The van der Waals surface area contributed by atoms with Crippen LogP contribution in [0.4, 0.5) is 5.69 Å². The fourth-order valence-electron chi connectivity index (χ4n) is 3.42. The van der Waals surface area contributed by atoms with E-state index >= 15 is 0 Å². The molecule has 0 heterocycles. The van der Waals surface area contributed by atoms with Gasteiger partial charge in [-0.25, -0.2) is 0 Å². The Morgan fingerprint density at radius 3 is 2.27 bits per heavy atom. The number of hydrogen-bond donors (Lipinski definition) is 0. The van der Waals surface area contributed by atoms with Crippen LogP contribution in [0.5, 0.6) is 0 Å². The average Bonchev–Trinajstić information content (AvgIpc) is 2.73. The summed E-state index contributed by atoms with van der Waals surface area (Å²) in [5.41, 5.74) is 0.972. The second kappa shape index (κ2) is 8.41. The van der Waals surface area contributed by atoms with Crippen molar-refractivity contribution >= 4 is 11.9 Å². The number of benzene rings is 2. The zero-order chi connectivity index (χ0) is 21.8. The number of rotatable bonds is 7. The highest BCUT2D eigenvalue weighted by Crippen LogP contribution is 2.34. The maximum atomic E-state index is 11.0. The molecule has 0 aliphatic heterocycles. The summed E-state index contributed by atoms with van der Waals surface area (Å²) in [5, 5.41) is 22.0. The highest BCUT2D eigenvalue weighted by molar-refractivity contribution is 5.70. The van der Waals surface area contributed by atoms with Gasteiger partial charge in [0.25, 0.3) is 11.4 Å². The van der Waals surface area contributed by atoms with Crippen molar-refractivity contribution in [1.29, 1.82) is 0 Å². The monoisotopic (exact) mass is 405 g/mol. The molecule has 0 radical (unpaired) electrons. The summed E-state index contributed by atoms with van der Waals surface area (Å²) in [4.78, 5) is 26.1. The van der Waals surface area contributed by atoms with Gasteiger partial charge in [-0.05, 0) is 42.7 Å². The first kappa shape index (κ1) is 21.1. The van der Waals surface area contributed by atoms with Crippen LogP contribution in [0.15, 0.2) is 83.5 Å². The van der Waals surface area contributed by atoms with Crippen LogP contribution in [0, 0.1) is 25.6 Å². The highest BCUT2D eigenvalue weighted by Gasteiger charge is 2.30. The Balaban J connectivity index is 1.93. The van der Waals surface area contributed by atoms with Gasteiger partial charge in [0.1, 0.15) is 0 Å². The van der Waals surface area contributed by atoms with Crippen LogP contribution in [0.25, 0.3) is 0 Å². The van der Waals surface area contributed by atoms with E-state index in [9.17, 15) is 20.2 Å². The number of nitro groups is 2. The van der Waals surface area contributed by atoms with Crippen LogP contribution in [-0.2, 0) is 12.0 Å². The van der Waals surface area contributed by atoms with Crippen LogP contribution in [0.2, 0.25) is 0 Å². The van der Waals surface area contributed by atoms with Gasteiger partial charge in [0, 0.05) is 36.3 Å². The molecule has 0 fully saturated rings. The zero-order valence-corrected chi connectivity index (χ0v) is 16.9. The van der Waals surface area contributed by atoms with Gasteiger partial charge >= 0.3 is 0 Å². The molecular weight excluding hydrogens is 382 g/mol. The van der Waals surface area contributed by atoms with Crippen LogP contribution in [-0.4, -0.2) is 16.1 Å². The summed E-state index contributed by atoms with van der Waals surface area (Å²) in [6, 6.07) is 16.4. The van der Waals surface area contributed by atoms with Crippen molar-refractivity contribution in [2.75, 3.05) is 0 Å². The lowest BCUT2D eigenvalue weighted by Crippen LogP contribution is -2.26. The first-order valence-electron chi connectivity index (χ1n) is 9.60. The van der Waals surface area contributed by atoms with Gasteiger partial charge < -0.3 is 0 Å². The number of hydrogen-bond acceptors (Lipinski definition) is 5. The molecule has 0 spiro atoms. The standard InChI is InChI=1S/C23H23N3O4/c1-22(14-12-21(13-15-22)26(29)30)17-24-23(2,16-18-6-4-3-5-7-18)19-8-10-20(11-9-19)25(27)28/h3-14,17H,15-16H2,1-2H3. The zero-order valence-electron chi connectivity index (χ0n) is 16.9. The normalized spacial score (nSPS) is 20.5. The van der Waals surface area contributed by atoms with E-state index < -0.39 is 20.8 Å². The van der Waals surface area contributed by atoms with Gasteiger partial charge in [0.05, 0.1) is 15.4 Å². The number of aliphatic imine (C=N–C) groups is 1. The molecule has 0 bridgehead atoms. The molecule has 7 nitrogen and oxygen atoms in total. The van der Waals surface area contributed by atoms with Gasteiger partial charge in [0.15, 0.2) is 0 Å². The Morgan fingerprint density at radius 2 is 1.73 bits per heavy atom. The molecule has 2 aromatic carbocycles. The third kappa shape index (κ3) is 4.86. The van der Waals surface area contributed by atoms with E-state index in [1.54, 1.807) is 24.3 Å². The second-order valence-corrected chi connectivity index (χ2v) is 7.93. The highest BCUT2D eigenvalue weighted by atomic mass is 16.6. The molecule has 7 heteroatoms. The Morgan fingerprint density at radius 1 is 1.07 bits per heavy atom. The lowest BCUT2D eigenvalue weighted by molar-refractivity contribution is -0.419. The molecular formula is C23H23N3O4. The van der Waals surface area contributed by atoms with Gasteiger partial charge in [-0.1, -0.05) is 43.3 Å². The van der Waals surface area contributed by atoms with Crippen molar-refractivity contribution in [2.45, 2.75) is 32.2 Å². The lowest BCUT2D eigenvalue weighted by Gasteiger charge is -2.29. The minimum atomic E-state index is -0.652. The minimum absolute atomic E-state index is 0.0319. The topological polar surface area (TPSA) is 98.6 Å². The van der Waals surface area contributed by atoms with Gasteiger partial charge in [-0.2, -0.15) is 0 Å². The molecule has 1 aliphatic carbocycles. The molecule has 30 heavy (non-hydrogen) atoms. The molecule has 2 aromatic rings. The Labute approximate surface area is 174 Å². The molecule has 0 N–H and O–H groups in total. The molecule has 0 saturated heterocycles. The van der Waals surface area contributed by atoms with E-state index in [4.69, 9.17) is 4.99 Å². The fourth-order valence-corrected chi connectivity index (χ4v) is 3.42. The smallest absolute Gasteiger partial charge is 0.269 e. The quantitative estimate of drug-likeness (QED) is 0.357. The average molecular weight is 405 g/mol. The summed E-state index contributed by atoms with van der Waals surface area (Å²) in [6.07, 6.45) is 7.83. The first-order valence-corrected chi connectivity index (χ1v) is 9.60. The molecule has 0 aromatic heterocycles. The third-order valence-electron chi connectivity index (χ3n) is 5.33. The van der Waals surface area contributed by atoms with Crippen molar-refractivity contribution in [1.82, 2.24) is 0 Å². The fraction of sp³-hybridized carbons (Fsp3) is 0.261. The molecule has 0 saturated carbocycles. The largest absolute Gasteiger partial charge is 0.285 e. The van der Waals surface area contributed by atoms with Crippen molar-refractivity contribution in [3.63, 3.8) is 0 Å². The number of nitro benzene ring substituents is 1. The van der Waals surface area contributed by atoms with Crippen LogP contribution in [0.3, 0.4) is 0 Å². The van der Waals surface area contributed by atoms with Gasteiger partial charge in [-0.3, -0.25) is 25.2 Å². The Bertz CT molecular complexity index is 1030. The Hall–Kier alpha value is -3.61.